The molecule has 2 bridgehead atoms. The van der Waals surface area contributed by atoms with E-state index in [4.69, 9.17) is 0 Å². The van der Waals surface area contributed by atoms with Gasteiger partial charge in [-0.05, 0) is 43.9 Å². The number of halogens is 1. The standard InChI is InChI=1S/C14H16FNO4S/c1-8-2-4-10(7-12(8)15)21(19,20)16-9-3-5-13(16)11(6-9)14(17)18/h2,4,7,9,11,13H,3,5-6H2,1H3,(H,17,18). The van der Waals surface area contributed by atoms with Crippen LogP contribution in [0.3, 0.4) is 0 Å². The Balaban J connectivity index is 1.99. The molecule has 0 amide bonds. The monoisotopic (exact) mass is 313 g/mol. The molecule has 3 atom stereocenters. The molecule has 2 heterocycles. The molecule has 2 saturated heterocycles. The highest BCUT2D eigenvalue weighted by Gasteiger charge is 2.54. The SMILES string of the molecule is Cc1ccc(S(=O)(=O)N2C3CCC2C(C(=O)O)C3)cc1F. The van der Waals surface area contributed by atoms with Crippen molar-refractivity contribution in [3.8, 4) is 0 Å². The molecule has 2 fully saturated rings. The second kappa shape index (κ2) is 4.78. The van der Waals surface area contributed by atoms with Gasteiger partial charge in [-0.1, -0.05) is 6.07 Å². The quantitative estimate of drug-likeness (QED) is 0.922. The number of aryl methyl sites for hydroxylation is 1. The van der Waals surface area contributed by atoms with Crippen LogP contribution in [0.4, 0.5) is 4.39 Å². The lowest BCUT2D eigenvalue weighted by molar-refractivity contribution is -0.142. The molecule has 0 aromatic heterocycles. The van der Waals surface area contributed by atoms with E-state index >= 15 is 0 Å². The summed E-state index contributed by atoms with van der Waals surface area (Å²) < 4.78 is 40.3. The van der Waals surface area contributed by atoms with Crippen LogP contribution in [0.15, 0.2) is 23.1 Å². The Bertz CT molecular complexity index is 703. The van der Waals surface area contributed by atoms with E-state index in [2.05, 4.69) is 0 Å². The predicted octanol–water partition coefficient (Wildman–Crippen LogP) is 1.76. The van der Waals surface area contributed by atoms with Crippen molar-refractivity contribution in [2.24, 2.45) is 5.92 Å². The third-order valence-electron chi connectivity index (χ3n) is 4.51. The molecule has 3 unspecified atom stereocenters. The Labute approximate surface area is 122 Å². The molecule has 0 radical (unpaired) electrons. The Morgan fingerprint density at radius 2 is 2.10 bits per heavy atom. The molecule has 21 heavy (non-hydrogen) atoms. The van der Waals surface area contributed by atoms with Gasteiger partial charge in [0.2, 0.25) is 10.0 Å². The van der Waals surface area contributed by atoms with Crippen molar-refractivity contribution in [1.82, 2.24) is 4.31 Å². The third kappa shape index (κ3) is 2.15. The third-order valence-corrected chi connectivity index (χ3v) is 6.48. The molecule has 0 aliphatic carbocycles. The van der Waals surface area contributed by atoms with Gasteiger partial charge >= 0.3 is 5.97 Å². The molecule has 1 N–H and O–H groups in total. The van der Waals surface area contributed by atoms with Gasteiger partial charge in [-0.25, -0.2) is 12.8 Å². The van der Waals surface area contributed by atoms with Crippen molar-refractivity contribution in [3.05, 3.63) is 29.6 Å². The fraction of sp³-hybridized carbons (Fsp3) is 0.500. The zero-order valence-corrected chi connectivity index (χ0v) is 12.3. The Morgan fingerprint density at radius 1 is 1.38 bits per heavy atom. The minimum atomic E-state index is -3.85. The molecule has 3 rings (SSSR count). The maximum absolute atomic E-state index is 13.6. The van der Waals surface area contributed by atoms with Gasteiger partial charge in [-0.3, -0.25) is 4.79 Å². The number of nitrogens with zero attached hydrogens (tertiary/aromatic N) is 1. The van der Waals surface area contributed by atoms with Gasteiger partial charge in [0, 0.05) is 12.1 Å². The largest absolute Gasteiger partial charge is 0.481 e. The van der Waals surface area contributed by atoms with Crippen LogP contribution in [-0.4, -0.2) is 35.9 Å². The highest BCUT2D eigenvalue weighted by Crippen LogP contribution is 2.45. The molecular weight excluding hydrogens is 297 g/mol. The van der Waals surface area contributed by atoms with Gasteiger partial charge in [0.05, 0.1) is 10.8 Å². The Morgan fingerprint density at radius 3 is 2.67 bits per heavy atom. The summed E-state index contributed by atoms with van der Waals surface area (Å²) in [7, 11) is -3.85. The number of carboxylic acid groups (broad SMARTS) is 1. The number of carbonyl (C=O) groups is 1. The van der Waals surface area contributed by atoms with E-state index in [1.807, 2.05) is 0 Å². The Kier molecular flexibility index (Phi) is 3.29. The highest BCUT2D eigenvalue weighted by atomic mass is 32.2. The summed E-state index contributed by atoms with van der Waals surface area (Å²) >= 11 is 0. The number of rotatable bonds is 3. The van der Waals surface area contributed by atoms with E-state index in [0.29, 0.717) is 24.8 Å². The van der Waals surface area contributed by atoms with Crippen LogP contribution < -0.4 is 0 Å². The van der Waals surface area contributed by atoms with Gasteiger partial charge in [-0.2, -0.15) is 4.31 Å². The maximum atomic E-state index is 13.6. The van der Waals surface area contributed by atoms with Crippen molar-refractivity contribution in [3.63, 3.8) is 0 Å². The normalized spacial score (nSPS) is 29.0. The number of carboxylic acids is 1. The number of sulfonamides is 1. The van der Waals surface area contributed by atoms with Crippen LogP contribution in [0.5, 0.6) is 0 Å². The summed E-state index contributed by atoms with van der Waals surface area (Å²) in [5, 5.41) is 9.19. The number of aliphatic carboxylic acids is 1. The van der Waals surface area contributed by atoms with Crippen LogP contribution >= 0.6 is 0 Å². The molecule has 114 valence electrons. The van der Waals surface area contributed by atoms with Crippen LogP contribution in [0.1, 0.15) is 24.8 Å². The molecule has 5 nitrogen and oxygen atoms in total. The molecular formula is C14H16FNO4S. The fourth-order valence-corrected chi connectivity index (χ4v) is 5.36. The summed E-state index contributed by atoms with van der Waals surface area (Å²) in [6, 6.07) is 3.02. The first-order valence-electron chi connectivity index (χ1n) is 6.85. The Hall–Kier alpha value is -1.47. The molecule has 2 aliphatic rings. The molecule has 1 aromatic carbocycles. The van der Waals surface area contributed by atoms with E-state index in [1.165, 1.54) is 16.4 Å². The summed E-state index contributed by atoms with van der Waals surface area (Å²) in [6.07, 6.45) is 1.56. The van der Waals surface area contributed by atoms with Gasteiger partial charge in [0.1, 0.15) is 5.82 Å². The lowest BCUT2D eigenvalue weighted by atomic mass is 9.89. The first-order valence-corrected chi connectivity index (χ1v) is 8.29. The summed E-state index contributed by atoms with van der Waals surface area (Å²) in [4.78, 5) is 11.1. The van der Waals surface area contributed by atoms with Crippen LogP contribution in [-0.2, 0) is 14.8 Å². The minimum absolute atomic E-state index is 0.103. The van der Waals surface area contributed by atoms with E-state index in [-0.39, 0.29) is 10.9 Å². The smallest absolute Gasteiger partial charge is 0.308 e. The second-order valence-electron chi connectivity index (χ2n) is 5.72. The second-order valence-corrected chi connectivity index (χ2v) is 7.57. The average Bonchev–Trinajstić information content (AvgIpc) is 3.00. The predicted molar refractivity (Wildman–Crippen MR) is 72.7 cm³/mol. The van der Waals surface area contributed by atoms with E-state index in [9.17, 15) is 22.7 Å². The minimum Gasteiger partial charge on any atom is -0.481 e. The van der Waals surface area contributed by atoms with Crippen LogP contribution in [0.2, 0.25) is 0 Å². The van der Waals surface area contributed by atoms with Gasteiger partial charge in [0.25, 0.3) is 0 Å². The van der Waals surface area contributed by atoms with Crippen molar-refractivity contribution in [1.29, 1.82) is 0 Å². The van der Waals surface area contributed by atoms with Crippen LogP contribution in [0.25, 0.3) is 0 Å². The van der Waals surface area contributed by atoms with Gasteiger partial charge in [-0.15, -0.1) is 0 Å². The van der Waals surface area contributed by atoms with E-state index in [0.717, 1.165) is 6.07 Å². The zero-order chi connectivity index (χ0) is 15.4. The number of fused-ring (bicyclic) bond motifs is 2. The zero-order valence-electron chi connectivity index (χ0n) is 11.5. The van der Waals surface area contributed by atoms with Crippen LogP contribution in [0, 0.1) is 18.7 Å². The lowest BCUT2D eigenvalue weighted by Crippen LogP contribution is -2.37. The molecule has 0 spiro atoms. The summed E-state index contributed by atoms with van der Waals surface area (Å²) in [5.74, 6) is -2.19. The van der Waals surface area contributed by atoms with Crippen molar-refractivity contribution in [2.45, 2.75) is 43.2 Å². The van der Waals surface area contributed by atoms with Crippen molar-refractivity contribution < 1.29 is 22.7 Å². The van der Waals surface area contributed by atoms with Gasteiger partial charge in [0.15, 0.2) is 0 Å². The van der Waals surface area contributed by atoms with E-state index in [1.54, 1.807) is 6.92 Å². The molecule has 1 aromatic rings. The topological polar surface area (TPSA) is 74.7 Å². The fourth-order valence-electron chi connectivity index (χ4n) is 3.43. The van der Waals surface area contributed by atoms with E-state index < -0.39 is 33.8 Å². The summed E-state index contributed by atoms with van der Waals surface area (Å²) in [5.41, 5.74) is 0.377. The molecule has 2 aliphatic heterocycles. The number of hydrogen-bond donors (Lipinski definition) is 1. The highest BCUT2D eigenvalue weighted by molar-refractivity contribution is 7.89. The number of benzene rings is 1. The summed E-state index contributed by atoms with van der Waals surface area (Å²) in [6.45, 7) is 1.56. The first-order chi connectivity index (χ1) is 9.82. The first kappa shape index (κ1) is 14.5. The molecule has 0 saturated carbocycles. The van der Waals surface area contributed by atoms with Gasteiger partial charge < -0.3 is 5.11 Å². The van der Waals surface area contributed by atoms with Crippen molar-refractivity contribution >= 4 is 16.0 Å². The average molecular weight is 313 g/mol. The molecule has 7 heteroatoms. The maximum Gasteiger partial charge on any atom is 0.308 e. The number of hydrogen-bond acceptors (Lipinski definition) is 3. The van der Waals surface area contributed by atoms with Crippen molar-refractivity contribution in [2.75, 3.05) is 0 Å². The lowest BCUT2D eigenvalue weighted by Gasteiger charge is -2.22.